The molecular formula is C11H16O2. The lowest BCUT2D eigenvalue weighted by molar-refractivity contribution is -0.0950. The van der Waals surface area contributed by atoms with E-state index in [9.17, 15) is 0 Å². The van der Waals surface area contributed by atoms with Crippen molar-refractivity contribution < 1.29 is 9.47 Å². The molecule has 1 aromatic rings. The summed E-state index contributed by atoms with van der Waals surface area (Å²) in [5.41, 5.74) is 0. The second kappa shape index (κ2) is 4.87. The zero-order chi connectivity index (χ0) is 9.68. The van der Waals surface area contributed by atoms with Gasteiger partial charge in [-0.05, 0) is 32.9 Å². The summed E-state index contributed by atoms with van der Waals surface area (Å²) < 4.78 is 10.9. The molecule has 72 valence electrons. The number of benzene rings is 1. The van der Waals surface area contributed by atoms with Crippen LogP contribution in [0, 0.1) is 0 Å². The van der Waals surface area contributed by atoms with Gasteiger partial charge in [0.1, 0.15) is 5.75 Å². The second-order valence-electron chi connectivity index (χ2n) is 3.18. The van der Waals surface area contributed by atoms with Crippen LogP contribution in [-0.4, -0.2) is 12.4 Å². The van der Waals surface area contributed by atoms with E-state index in [0.717, 1.165) is 5.75 Å². The summed E-state index contributed by atoms with van der Waals surface area (Å²) in [5, 5.41) is 0. The first-order valence-corrected chi connectivity index (χ1v) is 4.55. The van der Waals surface area contributed by atoms with Gasteiger partial charge in [-0.15, -0.1) is 0 Å². The zero-order valence-electron chi connectivity index (χ0n) is 8.36. The van der Waals surface area contributed by atoms with Crippen molar-refractivity contribution in [3.63, 3.8) is 0 Å². The van der Waals surface area contributed by atoms with Gasteiger partial charge in [0, 0.05) is 0 Å². The predicted molar refractivity (Wildman–Crippen MR) is 52.8 cm³/mol. The summed E-state index contributed by atoms with van der Waals surface area (Å²) in [6, 6.07) is 9.68. The summed E-state index contributed by atoms with van der Waals surface area (Å²) in [6.45, 7) is 5.88. The topological polar surface area (TPSA) is 18.5 Å². The van der Waals surface area contributed by atoms with Crippen molar-refractivity contribution in [2.24, 2.45) is 0 Å². The molecule has 0 aromatic heterocycles. The van der Waals surface area contributed by atoms with Gasteiger partial charge < -0.3 is 9.47 Å². The number of ether oxygens (including phenoxy) is 2. The summed E-state index contributed by atoms with van der Waals surface area (Å²) >= 11 is 0. The Hall–Kier alpha value is -1.02. The van der Waals surface area contributed by atoms with Crippen LogP contribution in [-0.2, 0) is 4.74 Å². The highest BCUT2D eigenvalue weighted by Gasteiger charge is 2.04. The Morgan fingerprint density at radius 2 is 1.62 bits per heavy atom. The predicted octanol–water partition coefficient (Wildman–Crippen LogP) is 2.84. The van der Waals surface area contributed by atoms with Crippen molar-refractivity contribution >= 4 is 0 Å². The molecule has 0 aliphatic heterocycles. The molecule has 0 amide bonds. The molecule has 0 radical (unpaired) electrons. The van der Waals surface area contributed by atoms with Crippen molar-refractivity contribution in [2.75, 3.05) is 0 Å². The SMILES string of the molecule is CC(C)OC(C)Oc1ccccc1. The first-order chi connectivity index (χ1) is 6.18. The van der Waals surface area contributed by atoms with E-state index in [-0.39, 0.29) is 12.4 Å². The molecule has 0 saturated heterocycles. The minimum atomic E-state index is -0.192. The molecule has 0 aliphatic carbocycles. The Bertz CT molecular complexity index is 231. The highest BCUT2D eigenvalue weighted by molar-refractivity contribution is 5.20. The van der Waals surface area contributed by atoms with Gasteiger partial charge in [-0.3, -0.25) is 0 Å². The molecule has 13 heavy (non-hydrogen) atoms. The van der Waals surface area contributed by atoms with Crippen LogP contribution in [0.2, 0.25) is 0 Å². The fourth-order valence-corrected chi connectivity index (χ4v) is 1.10. The van der Waals surface area contributed by atoms with Crippen LogP contribution in [0.15, 0.2) is 30.3 Å². The summed E-state index contributed by atoms with van der Waals surface area (Å²) in [6.07, 6.45) is 0.00103. The molecule has 1 unspecified atom stereocenters. The summed E-state index contributed by atoms with van der Waals surface area (Å²) in [5.74, 6) is 0.843. The highest BCUT2D eigenvalue weighted by atomic mass is 16.7. The van der Waals surface area contributed by atoms with E-state index >= 15 is 0 Å². The largest absolute Gasteiger partial charge is 0.465 e. The van der Waals surface area contributed by atoms with Crippen molar-refractivity contribution in [1.29, 1.82) is 0 Å². The van der Waals surface area contributed by atoms with E-state index in [1.54, 1.807) is 0 Å². The Kier molecular flexibility index (Phi) is 3.77. The van der Waals surface area contributed by atoms with Crippen molar-refractivity contribution in [3.8, 4) is 5.75 Å². The Morgan fingerprint density at radius 3 is 2.15 bits per heavy atom. The molecule has 0 spiro atoms. The Balaban J connectivity index is 2.41. The van der Waals surface area contributed by atoms with Crippen LogP contribution < -0.4 is 4.74 Å². The van der Waals surface area contributed by atoms with Crippen LogP contribution in [0.25, 0.3) is 0 Å². The number of hydrogen-bond donors (Lipinski definition) is 0. The van der Waals surface area contributed by atoms with Crippen LogP contribution in [0.5, 0.6) is 5.75 Å². The van der Waals surface area contributed by atoms with Crippen LogP contribution in [0.1, 0.15) is 20.8 Å². The molecule has 1 rings (SSSR count). The smallest absolute Gasteiger partial charge is 0.197 e. The van der Waals surface area contributed by atoms with E-state index in [1.807, 2.05) is 51.1 Å². The average molecular weight is 180 g/mol. The van der Waals surface area contributed by atoms with Gasteiger partial charge >= 0.3 is 0 Å². The van der Waals surface area contributed by atoms with E-state index in [0.29, 0.717) is 0 Å². The van der Waals surface area contributed by atoms with Gasteiger partial charge in [0.15, 0.2) is 6.29 Å². The molecule has 1 atom stereocenters. The van der Waals surface area contributed by atoms with Crippen molar-refractivity contribution in [1.82, 2.24) is 0 Å². The lowest BCUT2D eigenvalue weighted by atomic mass is 10.3. The fraction of sp³-hybridized carbons (Fsp3) is 0.455. The minimum absolute atomic E-state index is 0.192. The third-order valence-electron chi connectivity index (χ3n) is 1.51. The third-order valence-corrected chi connectivity index (χ3v) is 1.51. The third kappa shape index (κ3) is 3.95. The number of rotatable bonds is 4. The van der Waals surface area contributed by atoms with Crippen LogP contribution in [0.3, 0.4) is 0 Å². The second-order valence-corrected chi connectivity index (χ2v) is 3.18. The van der Waals surface area contributed by atoms with E-state index < -0.39 is 0 Å². The minimum Gasteiger partial charge on any atom is -0.465 e. The van der Waals surface area contributed by atoms with E-state index in [2.05, 4.69) is 0 Å². The molecule has 0 bridgehead atoms. The first kappa shape index (κ1) is 10.1. The van der Waals surface area contributed by atoms with Gasteiger partial charge in [0.25, 0.3) is 0 Å². The van der Waals surface area contributed by atoms with Gasteiger partial charge in [-0.1, -0.05) is 18.2 Å². The standard InChI is InChI=1S/C11H16O2/c1-9(2)12-10(3)13-11-7-5-4-6-8-11/h4-10H,1-3H3. The highest BCUT2D eigenvalue weighted by Crippen LogP contribution is 2.11. The van der Waals surface area contributed by atoms with Crippen molar-refractivity contribution in [3.05, 3.63) is 30.3 Å². The maximum Gasteiger partial charge on any atom is 0.197 e. The maximum absolute atomic E-state index is 5.50. The Morgan fingerprint density at radius 1 is 1.00 bits per heavy atom. The van der Waals surface area contributed by atoms with E-state index in [1.165, 1.54) is 0 Å². The van der Waals surface area contributed by atoms with Crippen LogP contribution in [0.4, 0.5) is 0 Å². The normalized spacial score (nSPS) is 12.9. The summed E-state index contributed by atoms with van der Waals surface area (Å²) in [4.78, 5) is 0. The molecule has 2 nitrogen and oxygen atoms in total. The molecule has 0 saturated carbocycles. The van der Waals surface area contributed by atoms with Gasteiger partial charge in [-0.25, -0.2) is 0 Å². The summed E-state index contributed by atoms with van der Waals surface area (Å²) in [7, 11) is 0. The molecule has 0 N–H and O–H groups in total. The molecule has 1 aromatic carbocycles. The fourth-order valence-electron chi connectivity index (χ4n) is 1.10. The van der Waals surface area contributed by atoms with E-state index in [4.69, 9.17) is 9.47 Å². The molecule has 0 fully saturated rings. The molecule has 2 heteroatoms. The zero-order valence-corrected chi connectivity index (χ0v) is 8.36. The van der Waals surface area contributed by atoms with Crippen LogP contribution >= 0.6 is 0 Å². The lowest BCUT2D eigenvalue weighted by Crippen LogP contribution is -2.20. The van der Waals surface area contributed by atoms with Gasteiger partial charge in [0.2, 0.25) is 0 Å². The quantitative estimate of drug-likeness (QED) is 0.663. The van der Waals surface area contributed by atoms with Crippen molar-refractivity contribution in [2.45, 2.75) is 33.2 Å². The molecule has 0 heterocycles. The van der Waals surface area contributed by atoms with Gasteiger partial charge in [-0.2, -0.15) is 0 Å². The maximum atomic E-state index is 5.50. The molecular weight excluding hydrogens is 164 g/mol. The first-order valence-electron chi connectivity index (χ1n) is 4.55. The average Bonchev–Trinajstić information content (AvgIpc) is 2.04. The number of hydrogen-bond acceptors (Lipinski definition) is 2. The number of para-hydroxylation sites is 1. The monoisotopic (exact) mass is 180 g/mol. The van der Waals surface area contributed by atoms with Gasteiger partial charge in [0.05, 0.1) is 6.10 Å². The lowest BCUT2D eigenvalue weighted by Gasteiger charge is -2.17. The Labute approximate surface area is 79.5 Å². The molecule has 0 aliphatic rings.